The average Bonchev–Trinajstić information content (AvgIpc) is 3.28. The van der Waals surface area contributed by atoms with E-state index < -0.39 is 12.2 Å². The minimum Gasteiger partial charge on any atom is -0.334 e. The molecule has 1 aliphatic carbocycles. The number of fused-ring (bicyclic) bond motifs is 2. The second-order valence-electron chi connectivity index (χ2n) is 9.01. The zero-order valence-corrected chi connectivity index (χ0v) is 19.5. The minimum atomic E-state index is -2.88. The van der Waals surface area contributed by atoms with Gasteiger partial charge in [0.05, 0.1) is 58.8 Å². The van der Waals surface area contributed by atoms with Crippen molar-refractivity contribution < 1.29 is 23.1 Å². The van der Waals surface area contributed by atoms with E-state index in [1.54, 1.807) is 45.4 Å². The number of halogens is 3. The van der Waals surface area contributed by atoms with Gasteiger partial charge in [-0.15, -0.1) is 0 Å². The number of ether oxygens (including phenoxy) is 1. The molecule has 8 nitrogen and oxygen atoms in total. The highest BCUT2D eigenvalue weighted by Gasteiger charge is 2.50. The first-order valence-corrected chi connectivity index (χ1v) is 11.4. The van der Waals surface area contributed by atoms with Gasteiger partial charge in [0.15, 0.2) is 0 Å². The number of alkyl halides is 2. The minimum absolute atomic E-state index is 0.145. The van der Waals surface area contributed by atoms with Crippen LogP contribution >= 0.6 is 11.6 Å². The number of pyridine rings is 1. The van der Waals surface area contributed by atoms with Gasteiger partial charge >= 0.3 is 6.61 Å². The molecule has 5 rings (SSSR count). The Labute approximate surface area is 199 Å². The summed E-state index contributed by atoms with van der Waals surface area (Å²) in [5, 5.41) is 4.91. The van der Waals surface area contributed by atoms with Crippen LogP contribution in [0.4, 0.5) is 8.78 Å². The first-order valence-electron chi connectivity index (χ1n) is 11.0. The van der Waals surface area contributed by atoms with E-state index in [0.29, 0.717) is 41.2 Å². The highest BCUT2D eigenvalue weighted by molar-refractivity contribution is 6.33. The van der Waals surface area contributed by atoms with E-state index >= 15 is 0 Å². The van der Waals surface area contributed by atoms with Gasteiger partial charge < -0.3 is 18.9 Å². The molecule has 2 aliphatic rings. The quantitative estimate of drug-likeness (QED) is 0.527. The van der Waals surface area contributed by atoms with Crippen molar-refractivity contribution in [1.29, 1.82) is 0 Å². The molecule has 3 aromatic rings. The summed E-state index contributed by atoms with van der Waals surface area (Å²) in [5.74, 6) is -0.490. The zero-order chi connectivity index (χ0) is 24.2. The van der Waals surface area contributed by atoms with Gasteiger partial charge in [0.1, 0.15) is 0 Å². The SMILES string of the molecule is CC1Cn2ncc(C(=O)N(C)C3(COC(F)F)CC3)c2CN1C(=O)c1cc2c(Cl)cccn2c1. The Bertz CT molecular complexity index is 1270. The monoisotopic (exact) mass is 491 g/mol. The lowest BCUT2D eigenvalue weighted by atomic mass is 10.1. The molecule has 1 fully saturated rings. The highest BCUT2D eigenvalue weighted by atomic mass is 35.5. The second-order valence-corrected chi connectivity index (χ2v) is 9.41. The third-order valence-corrected chi connectivity index (χ3v) is 7.20. The first-order chi connectivity index (χ1) is 16.2. The molecule has 0 bridgehead atoms. The van der Waals surface area contributed by atoms with Gasteiger partial charge in [-0.25, -0.2) is 0 Å². The maximum Gasteiger partial charge on any atom is 0.345 e. The summed E-state index contributed by atoms with van der Waals surface area (Å²) in [6, 6.07) is 5.18. The van der Waals surface area contributed by atoms with Gasteiger partial charge in [-0.1, -0.05) is 11.6 Å². The standard InChI is InChI=1S/C23H24ClF2N5O3/c1-14-10-31-19(12-30(14)20(32)15-8-18-17(24)4-3-7-29(18)11-15)16(9-27-31)21(33)28(2)23(5-6-23)13-34-22(25)26/h3-4,7-9,11,14,22H,5-6,10,12-13H2,1-2H3. The van der Waals surface area contributed by atoms with Crippen LogP contribution in [0.2, 0.25) is 5.02 Å². The Kier molecular flexibility index (Phi) is 5.60. The molecule has 0 aromatic carbocycles. The summed E-state index contributed by atoms with van der Waals surface area (Å²) in [7, 11) is 1.60. The fourth-order valence-corrected chi connectivity index (χ4v) is 4.79. The number of hydrogen-bond donors (Lipinski definition) is 0. The van der Waals surface area contributed by atoms with E-state index in [0.717, 1.165) is 5.52 Å². The molecular weight excluding hydrogens is 468 g/mol. The molecule has 1 aliphatic heterocycles. The summed E-state index contributed by atoms with van der Waals surface area (Å²) in [6.45, 7) is -0.532. The summed E-state index contributed by atoms with van der Waals surface area (Å²) in [6.07, 6.45) is 6.24. The Hall–Kier alpha value is -2.98. The molecule has 1 unspecified atom stereocenters. The molecule has 0 N–H and O–H groups in total. The van der Waals surface area contributed by atoms with Crippen molar-refractivity contribution in [3.8, 4) is 0 Å². The molecule has 3 aromatic heterocycles. The van der Waals surface area contributed by atoms with Crippen LogP contribution < -0.4 is 0 Å². The second kappa shape index (κ2) is 8.35. The van der Waals surface area contributed by atoms with E-state index in [2.05, 4.69) is 9.84 Å². The van der Waals surface area contributed by atoms with Gasteiger partial charge in [0, 0.05) is 25.5 Å². The van der Waals surface area contributed by atoms with Gasteiger partial charge in [-0.2, -0.15) is 13.9 Å². The third kappa shape index (κ3) is 3.84. The van der Waals surface area contributed by atoms with Crippen LogP contribution in [-0.2, 0) is 17.8 Å². The predicted molar refractivity (Wildman–Crippen MR) is 120 cm³/mol. The molecule has 1 atom stereocenters. The molecule has 1 saturated carbocycles. The molecule has 4 heterocycles. The van der Waals surface area contributed by atoms with Gasteiger partial charge in [-0.3, -0.25) is 14.3 Å². The molecule has 0 radical (unpaired) electrons. The van der Waals surface area contributed by atoms with Crippen LogP contribution in [0.5, 0.6) is 0 Å². The number of carbonyl (C=O) groups excluding carboxylic acids is 2. The van der Waals surface area contributed by atoms with Crippen LogP contribution in [0.15, 0.2) is 36.8 Å². The number of rotatable bonds is 6. The Morgan fingerprint density at radius 3 is 2.82 bits per heavy atom. The van der Waals surface area contributed by atoms with Crippen molar-refractivity contribution in [2.45, 2.75) is 51.0 Å². The van der Waals surface area contributed by atoms with E-state index in [1.807, 2.05) is 13.1 Å². The molecule has 180 valence electrons. The Morgan fingerprint density at radius 2 is 2.15 bits per heavy atom. The van der Waals surface area contributed by atoms with Crippen LogP contribution in [0, 0.1) is 0 Å². The first kappa shape index (κ1) is 22.8. The average molecular weight is 492 g/mol. The molecule has 34 heavy (non-hydrogen) atoms. The number of hydrogen-bond acceptors (Lipinski definition) is 4. The van der Waals surface area contributed by atoms with E-state index in [1.165, 1.54) is 11.1 Å². The molecule has 0 saturated heterocycles. The number of nitrogens with zero attached hydrogens (tertiary/aromatic N) is 5. The van der Waals surface area contributed by atoms with Gasteiger partial charge in [0.2, 0.25) is 0 Å². The van der Waals surface area contributed by atoms with Crippen molar-refractivity contribution in [2.75, 3.05) is 13.7 Å². The van der Waals surface area contributed by atoms with Crippen molar-refractivity contribution in [3.63, 3.8) is 0 Å². The van der Waals surface area contributed by atoms with Gasteiger partial charge in [0.25, 0.3) is 11.8 Å². The topological polar surface area (TPSA) is 72.1 Å². The van der Waals surface area contributed by atoms with Crippen molar-refractivity contribution in [1.82, 2.24) is 24.0 Å². The van der Waals surface area contributed by atoms with Gasteiger partial charge in [-0.05, 0) is 38.0 Å². The maximum absolute atomic E-state index is 13.4. The van der Waals surface area contributed by atoms with Crippen LogP contribution in [0.3, 0.4) is 0 Å². The molecule has 0 spiro atoms. The lowest BCUT2D eigenvalue weighted by Gasteiger charge is -2.35. The predicted octanol–water partition coefficient (Wildman–Crippen LogP) is 3.68. The fourth-order valence-electron chi connectivity index (χ4n) is 4.57. The van der Waals surface area contributed by atoms with Crippen LogP contribution in [0.25, 0.3) is 5.52 Å². The van der Waals surface area contributed by atoms with Crippen molar-refractivity contribution in [2.24, 2.45) is 0 Å². The number of aromatic nitrogens is 3. The lowest BCUT2D eigenvalue weighted by molar-refractivity contribution is -0.141. The van der Waals surface area contributed by atoms with Crippen LogP contribution in [-0.4, -0.2) is 67.6 Å². The molecule has 11 heteroatoms. The molecular formula is C23H24ClF2N5O3. The zero-order valence-electron chi connectivity index (χ0n) is 18.7. The molecule has 2 amide bonds. The van der Waals surface area contributed by atoms with E-state index in [9.17, 15) is 18.4 Å². The largest absolute Gasteiger partial charge is 0.345 e. The van der Waals surface area contributed by atoms with E-state index in [4.69, 9.17) is 11.6 Å². The Balaban J connectivity index is 1.39. The summed E-state index contributed by atoms with van der Waals surface area (Å²) >= 11 is 6.26. The van der Waals surface area contributed by atoms with Crippen molar-refractivity contribution >= 4 is 28.9 Å². The highest BCUT2D eigenvalue weighted by Crippen LogP contribution is 2.42. The fraction of sp³-hybridized carbons (Fsp3) is 0.435. The van der Waals surface area contributed by atoms with Crippen LogP contribution in [0.1, 0.15) is 46.2 Å². The number of amides is 2. The number of carbonyl (C=O) groups is 2. The third-order valence-electron chi connectivity index (χ3n) is 6.88. The number of likely N-dealkylation sites (N-methyl/N-ethyl adjacent to an activating group) is 1. The van der Waals surface area contributed by atoms with Crippen molar-refractivity contribution in [3.05, 3.63) is 58.6 Å². The lowest BCUT2D eigenvalue weighted by Crippen LogP contribution is -2.46. The summed E-state index contributed by atoms with van der Waals surface area (Å²) in [4.78, 5) is 29.9. The maximum atomic E-state index is 13.4. The van der Waals surface area contributed by atoms with E-state index in [-0.39, 0.29) is 31.0 Å². The summed E-state index contributed by atoms with van der Waals surface area (Å²) in [5.41, 5.74) is 1.49. The smallest absolute Gasteiger partial charge is 0.334 e. The normalized spacial score (nSPS) is 18.9. The Morgan fingerprint density at radius 1 is 1.38 bits per heavy atom. The summed E-state index contributed by atoms with van der Waals surface area (Å²) < 4.78 is 33.1.